The summed E-state index contributed by atoms with van der Waals surface area (Å²) in [6.07, 6.45) is 2.80. The Morgan fingerprint density at radius 1 is 0.789 bits per heavy atom. The second-order valence-corrected chi connectivity index (χ2v) is 9.60. The standard InChI is InChI=1S/C29H27F7O2/c1-2-3-17-4-6-18(7-5-17)19-8-10-20(11-9-19)22-12-13-25(28(34)26(22)32)37-16-29(35,36)38-21-14-23(30)27(33)24(31)15-21/h8-15,17-18H,2-7,16H2,1H3. The molecular formula is C29H27F7O2. The van der Waals surface area contributed by atoms with Crippen molar-refractivity contribution in [2.24, 2.45) is 5.92 Å². The monoisotopic (exact) mass is 540 g/mol. The van der Waals surface area contributed by atoms with Crippen LogP contribution in [0.25, 0.3) is 11.1 Å². The second-order valence-electron chi connectivity index (χ2n) is 9.60. The van der Waals surface area contributed by atoms with Gasteiger partial charge < -0.3 is 9.47 Å². The van der Waals surface area contributed by atoms with Crippen LogP contribution in [0.1, 0.15) is 56.9 Å². The average Bonchev–Trinajstić information content (AvgIpc) is 2.89. The van der Waals surface area contributed by atoms with E-state index >= 15 is 0 Å². The first-order chi connectivity index (χ1) is 18.1. The van der Waals surface area contributed by atoms with Gasteiger partial charge in [0.05, 0.1) is 0 Å². The van der Waals surface area contributed by atoms with Crippen LogP contribution < -0.4 is 9.47 Å². The van der Waals surface area contributed by atoms with Crippen molar-refractivity contribution in [1.82, 2.24) is 0 Å². The van der Waals surface area contributed by atoms with E-state index in [4.69, 9.17) is 4.74 Å². The van der Waals surface area contributed by atoms with Crippen molar-refractivity contribution in [2.45, 2.75) is 57.5 Å². The number of benzene rings is 3. The van der Waals surface area contributed by atoms with Gasteiger partial charge in [-0.15, -0.1) is 0 Å². The van der Waals surface area contributed by atoms with Gasteiger partial charge in [0, 0.05) is 17.7 Å². The third-order valence-corrected chi connectivity index (χ3v) is 6.90. The van der Waals surface area contributed by atoms with Crippen LogP contribution in [0.2, 0.25) is 0 Å². The molecule has 0 radical (unpaired) electrons. The summed E-state index contributed by atoms with van der Waals surface area (Å²) in [4.78, 5) is 0. The Hall–Kier alpha value is -3.23. The summed E-state index contributed by atoms with van der Waals surface area (Å²) in [5.41, 5.74) is 1.51. The summed E-state index contributed by atoms with van der Waals surface area (Å²) in [5, 5.41) is 0. The van der Waals surface area contributed by atoms with E-state index in [0.717, 1.165) is 30.4 Å². The maximum Gasteiger partial charge on any atom is 0.433 e. The molecule has 1 saturated carbocycles. The number of ether oxygens (including phenoxy) is 2. The summed E-state index contributed by atoms with van der Waals surface area (Å²) in [6, 6.07) is 9.88. The largest absolute Gasteiger partial charge is 0.480 e. The number of alkyl halides is 2. The van der Waals surface area contributed by atoms with Gasteiger partial charge in [0.1, 0.15) is 5.75 Å². The zero-order valence-electron chi connectivity index (χ0n) is 20.7. The Kier molecular flexibility index (Phi) is 8.53. The van der Waals surface area contributed by atoms with Crippen LogP contribution >= 0.6 is 0 Å². The SMILES string of the molecule is CCCC1CCC(c2ccc(-c3ccc(OCC(F)(F)Oc4cc(F)c(F)c(F)c4)c(F)c3F)cc2)CC1. The van der Waals surface area contributed by atoms with Crippen LogP contribution in [0.15, 0.2) is 48.5 Å². The summed E-state index contributed by atoms with van der Waals surface area (Å²) in [5.74, 6) is -8.66. The van der Waals surface area contributed by atoms with E-state index in [2.05, 4.69) is 11.7 Å². The predicted molar refractivity (Wildman–Crippen MR) is 129 cm³/mol. The van der Waals surface area contributed by atoms with E-state index in [1.807, 2.05) is 12.1 Å². The Balaban J connectivity index is 1.41. The number of hydrogen-bond donors (Lipinski definition) is 0. The first-order valence-corrected chi connectivity index (χ1v) is 12.5. The molecule has 1 aliphatic carbocycles. The third-order valence-electron chi connectivity index (χ3n) is 6.90. The minimum absolute atomic E-state index is 0.0617. The maximum absolute atomic E-state index is 14.8. The molecule has 0 aliphatic heterocycles. The van der Waals surface area contributed by atoms with Crippen molar-refractivity contribution in [3.8, 4) is 22.6 Å². The summed E-state index contributed by atoms with van der Waals surface area (Å²) in [7, 11) is 0. The molecule has 0 amide bonds. The molecule has 0 bridgehead atoms. The molecule has 2 nitrogen and oxygen atoms in total. The lowest BCUT2D eigenvalue weighted by molar-refractivity contribution is -0.196. The van der Waals surface area contributed by atoms with Crippen molar-refractivity contribution in [3.05, 3.63) is 83.2 Å². The van der Waals surface area contributed by atoms with Crippen molar-refractivity contribution in [1.29, 1.82) is 0 Å². The van der Waals surface area contributed by atoms with Gasteiger partial charge >= 0.3 is 6.11 Å². The molecule has 0 saturated heterocycles. The fourth-order valence-electron chi connectivity index (χ4n) is 4.95. The minimum atomic E-state index is -4.19. The average molecular weight is 541 g/mol. The molecule has 0 heterocycles. The first kappa shape index (κ1) is 27.8. The van der Waals surface area contributed by atoms with Gasteiger partial charge in [-0.3, -0.25) is 0 Å². The quantitative estimate of drug-likeness (QED) is 0.199. The Morgan fingerprint density at radius 3 is 2.03 bits per heavy atom. The Labute approximate surface area is 216 Å². The van der Waals surface area contributed by atoms with E-state index in [9.17, 15) is 30.7 Å². The van der Waals surface area contributed by atoms with Crippen LogP contribution in [-0.4, -0.2) is 12.7 Å². The minimum Gasteiger partial charge on any atom is -0.480 e. The van der Waals surface area contributed by atoms with Crippen LogP contribution in [-0.2, 0) is 0 Å². The van der Waals surface area contributed by atoms with Crippen molar-refractivity contribution in [3.63, 3.8) is 0 Å². The van der Waals surface area contributed by atoms with Crippen molar-refractivity contribution in [2.75, 3.05) is 6.61 Å². The van der Waals surface area contributed by atoms with Crippen LogP contribution in [0.5, 0.6) is 11.5 Å². The Morgan fingerprint density at radius 2 is 1.42 bits per heavy atom. The smallest absolute Gasteiger partial charge is 0.433 e. The molecule has 0 spiro atoms. The molecule has 3 aromatic carbocycles. The lowest BCUT2D eigenvalue weighted by atomic mass is 9.77. The predicted octanol–water partition coefficient (Wildman–Crippen LogP) is 9.17. The van der Waals surface area contributed by atoms with E-state index in [1.54, 1.807) is 12.1 Å². The lowest BCUT2D eigenvalue weighted by Gasteiger charge is -2.28. The highest BCUT2D eigenvalue weighted by atomic mass is 19.3. The zero-order chi connectivity index (χ0) is 27.4. The third kappa shape index (κ3) is 6.42. The molecule has 1 aliphatic rings. The van der Waals surface area contributed by atoms with E-state index in [1.165, 1.54) is 31.7 Å². The van der Waals surface area contributed by atoms with Crippen molar-refractivity contribution < 1.29 is 40.2 Å². The summed E-state index contributed by atoms with van der Waals surface area (Å²) < 4.78 is 106. The first-order valence-electron chi connectivity index (χ1n) is 12.5. The topological polar surface area (TPSA) is 18.5 Å². The normalized spacial score (nSPS) is 17.9. The Bertz CT molecular complexity index is 1230. The van der Waals surface area contributed by atoms with Gasteiger partial charge in [-0.1, -0.05) is 44.0 Å². The fourth-order valence-corrected chi connectivity index (χ4v) is 4.95. The van der Waals surface area contributed by atoms with Gasteiger partial charge in [0.25, 0.3) is 0 Å². The zero-order valence-corrected chi connectivity index (χ0v) is 20.7. The van der Waals surface area contributed by atoms with Crippen LogP contribution in [0.3, 0.4) is 0 Å². The van der Waals surface area contributed by atoms with Gasteiger partial charge in [-0.25, -0.2) is 17.6 Å². The highest BCUT2D eigenvalue weighted by Crippen LogP contribution is 2.38. The second kappa shape index (κ2) is 11.7. The van der Waals surface area contributed by atoms with Crippen LogP contribution in [0, 0.1) is 35.0 Å². The fraction of sp³-hybridized carbons (Fsp3) is 0.379. The molecule has 0 atom stereocenters. The molecule has 0 N–H and O–H groups in total. The number of rotatable bonds is 9. The molecular weight excluding hydrogens is 513 g/mol. The maximum atomic E-state index is 14.8. The van der Waals surface area contributed by atoms with E-state index in [-0.39, 0.29) is 17.7 Å². The van der Waals surface area contributed by atoms with Gasteiger partial charge in [-0.05, 0) is 60.8 Å². The molecule has 3 aromatic rings. The van der Waals surface area contributed by atoms with E-state index in [0.29, 0.717) is 11.5 Å². The number of hydrogen-bond acceptors (Lipinski definition) is 2. The highest BCUT2D eigenvalue weighted by molar-refractivity contribution is 5.65. The molecule has 0 unspecified atom stereocenters. The summed E-state index contributed by atoms with van der Waals surface area (Å²) in [6.45, 7) is 0.594. The molecule has 4 rings (SSSR count). The number of halogens is 7. The molecule has 1 fully saturated rings. The van der Waals surface area contributed by atoms with Gasteiger partial charge in [0.15, 0.2) is 35.6 Å². The lowest BCUT2D eigenvalue weighted by Crippen LogP contribution is -2.32. The molecule has 0 aromatic heterocycles. The summed E-state index contributed by atoms with van der Waals surface area (Å²) >= 11 is 0. The van der Waals surface area contributed by atoms with E-state index < -0.39 is 53.3 Å². The van der Waals surface area contributed by atoms with Crippen LogP contribution in [0.4, 0.5) is 30.7 Å². The van der Waals surface area contributed by atoms with Crippen molar-refractivity contribution >= 4 is 0 Å². The van der Waals surface area contributed by atoms with Gasteiger partial charge in [0.2, 0.25) is 5.82 Å². The molecule has 9 heteroatoms. The highest BCUT2D eigenvalue weighted by Gasteiger charge is 2.34. The molecule has 204 valence electrons. The van der Waals surface area contributed by atoms with Gasteiger partial charge in [-0.2, -0.15) is 13.2 Å². The molecule has 38 heavy (non-hydrogen) atoms.